The van der Waals surface area contributed by atoms with Crippen LogP contribution in [0.25, 0.3) is 0 Å². The Morgan fingerprint density at radius 1 is 1.22 bits per heavy atom. The van der Waals surface area contributed by atoms with E-state index in [1.807, 2.05) is 41.3 Å². The maximum absolute atomic E-state index is 12.5. The molecule has 0 aliphatic carbocycles. The van der Waals surface area contributed by atoms with Gasteiger partial charge in [0.1, 0.15) is 5.37 Å². The average molecular weight is 328 g/mol. The van der Waals surface area contributed by atoms with Crippen LogP contribution in [0.4, 0.5) is 0 Å². The van der Waals surface area contributed by atoms with Crippen LogP contribution in [-0.2, 0) is 11.3 Å². The highest BCUT2D eigenvalue weighted by atomic mass is 32.2. The number of amides is 1. The minimum atomic E-state index is -0.0742. The second-order valence-corrected chi connectivity index (χ2v) is 6.58. The van der Waals surface area contributed by atoms with Crippen LogP contribution in [-0.4, -0.2) is 28.3 Å². The van der Waals surface area contributed by atoms with Gasteiger partial charge in [0.15, 0.2) is 11.5 Å². The van der Waals surface area contributed by atoms with Crippen LogP contribution >= 0.6 is 11.8 Å². The van der Waals surface area contributed by atoms with Gasteiger partial charge in [-0.15, -0.1) is 11.8 Å². The standard InChI is InChI=1S/C17H16N2O3S/c20-15-7-9-23-17(19(15)10-12-4-1-2-8-18-12)13-5-3-6-14-16(13)22-11-21-14/h1-6,8,17H,7,9-11H2. The Morgan fingerprint density at radius 2 is 2.17 bits per heavy atom. The molecule has 1 aromatic carbocycles. The molecule has 2 aliphatic rings. The van der Waals surface area contributed by atoms with E-state index in [1.165, 1.54) is 0 Å². The fraction of sp³-hybridized carbons (Fsp3) is 0.294. The first-order chi connectivity index (χ1) is 11.3. The zero-order valence-corrected chi connectivity index (χ0v) is 13.3. The molecule has 1 fully saturated rings. The molecular weight excluding hydrogens is 312 g/mol. The summed E-state index contributed by atoms with van der Waals surface area (Å²) in [6, 6.07) is 11.6. The number of aromatic nitrogens is 1. The predicted molar refractivity (Wildman–Crippen MR) is 87.2 cm³/mol. The quantitative estimate of drug-likeness (QED) is 0.867. The van der Waals surface area contributed by atoms with E-state index >= 15 is 0 Å². The number of para-hydroxylation sites is 1. The van der Waals surface area contributed by atoms with Crippen molar-refractivity contribution in [1.29, 1.82) is 0 Å². The number of carbonyl (C=O) groups excluding carboxylic acids is 1. The third-order valence-corrected chi connectivity index (χ3v) is 5.21. The van der Waals surface area contributed by atoms with Crippen molar-refractivity contribution >= 4 is 17.7 Å². The summed E-state index contributed by atoms with van der Waals surface area (Å²) in [5, 5.41) is -0.0742. The van der Waals surface area contributed by atoms with Gasteiger partial charge in [0.2, 0.25) is 12.7 Å². The molecule has 0 saturated carbocycles. The van der Waals surface area contributed by atoms with Crippen LogP contribution in [0.15, 0.2) is 42.6 Å². The fourth-order valence-corrected chi connectivity index (χ4v) is 4.12. The number of benzene rings is 1. The lowest BCUT2D eigenvalue weighted by Gasteiger charge is -2.35. The van der Waals surface area contributed by atoms with Crippen LogP contribution < -0.4 is 9.47 Å². The molecule has 3 heterocycles. The van der Waals surface area contributed by atoms with Crippen LogP contribution in [0.1, 0.15) is 23.1 Å². The normalized spacial score (nSPS) is 19.9. The van der Waals surface area contributed by atoms with Gasteiger partial charge in [-0.1, -0.05) is 18.2 Å². The molecule has 5 nitrogen and oxygen atoms in total. The van der Waals surface area contributed by atoms with Crippen LogP contribution in [0, 0.1) is 0 Å². The number of rotatable bonds is 3. The van der Waals surface area contributed by atoms with Gasteiger partial charge in [0.25, 0.3) is 0 Å². The molecule has 0 spiro atoms. The first-order valence-corrected chi connectivity index (χ1v) is 8.57. The zero-order valence-electron chi connectivity index (χ0n) is 12.5. The Labute approximate surface area is 138 Å². The lowest BCUT2D eigenvalue weighted by molar-refractivity contribution is -0.132. The summed E-state index contributed by atoms with van der Waals surface area (Å²) in [4.78, 5) is 18.7. The molecule has 2 aliphatic heterocycles. The highest BCUT2D eigenvalue weighted by Crippen LogP contribution is 2.46. The van der Waals surface area contributed by atoms with Crippen molar-refractivity contribution < 1.29 is 14.3 Å². The number of nitrogens with zero attached hydrogens (tertiary/aromatic N) is 2. The monoisotopic (exact) mass is 328 g/mol. The molecule has 0 N–H and O–H groups in total. The maximum Gasteiger partial charge on any atom is 0.231 e. The molecule has 1 unspecified atom stereocenters. The number of ether oxygens (including phenoxy) is 2. The zero-order chi connectivity index (χ0) is 15.6. The van der Waals surface area contributed by atoms with E-state index in [2.05, 4.69) is 4.98 Å². The minimum Gasteiger partial charge on any atom is -0.454 e. The number of fused-ring (bicyclic) bond motifs is 1. The smallest absolute Gasteiger partial charge is 0.231 e. The summed E-state index contributed by atoms with van der Waals surface area (Å²) in [5.41, 5.74) is 1.88. The van der Waals surface area contributed by atoms with Crippen LogP contribution in [0.2, 0.25) is 0 Å². The van der Waals surface area contributed by atoms with Gasteiger partial charge in [-0.2, -0.15) is 0 Å². The lowest BCUT2D eigenvalue weighted by atomic mass is 10.1. The maximum atomic E-state index is 12.5. The first-order valence-electron chi connectivity index (χ1n) is 7.52. The van der Waals surface area contributed by atoms with E-state index < -0.39 is 0 Å². The summed E-state index contributed by atoms with van der Waals surface area (Å²) in [5.74, 6) is 2.47. The summed E-state index contributed by atoms with van der Waals surface area (Å²) in [6.07, 6.45) is 2.31. The van der Waals surface area contributed by atoms with Crippen molar-refractivity contribution in [1.82, 2.24) is 9.88 Å². The Bertz CT molecular complexity index is 723. The highest BCUT2D eigenvalue weighted by Gasteiger charge is 2.34. The highest BCUT2D eigenvalue weighted by molar-refractivity contribution is 7.99. The number of hydrogen-bond acceptors (Lipinski definition) is 5. The summed E-state index contributed by atoms with van der Waals surface area (Å²) < 4.78 is 11.1. The van der Waals surface area contributed by atoms with E-state index in [4.69, 9.17) is 9.47 Å². The van der Waals surface area contributed by atoms with Crippen molar-refractivity contribution in [2.24, 2.45) is 0 Å². The average Bonchev–Trinajstić information content (AvgIpc) is 3.06. The molecule has 0 bridgehead atoms. The predicted octanol–water partition coefficient (Wildman–Crippen LogP) is 2.97. The summed E-state index contributed by atoms with van der Waals surface area (Å²) >= 11 is 1.76. The van der Waals surface area contributed by atoms with Gasteiger partial charge in [-0.25, -0.2) is 0 Å². The summed E-state index contributed by atoms with van der Waals surface area (Å²) in [6.45, 7) is 0.736. The Balaban J connectivity index is 1.68. The van der Waals surface area contributed by atoms with E-state index in [0.717, 1.165) is 28.5 Å². The van der Waals surface area contributed by atoms with Gasteiger partial charge in [-0.3, -0.25) is 9.78 Å². The summed E-state index contributed by atoms with van der Waals surface area (Å²) in [7, 11) is 0. The molecule has 23 heavy (non-hydrogen) atoms. The molecule has 1 atom stereocenters. The van der Waals surface area contributed by atoms with E-state index in [-0.39, 0.29) is 18.1 Å². The second-order valence-electron chi connectivity index (χ2n) is 5.40. The minimum absolute atomic E-state index is 0.0742. The van der Waals surface area contributed by atoms with Crippen LogP contribution in [0.5, 0.6) is 11.5 Å². The lowest BCUT2D eigenvalue weighted by Crippen LogP contribution is -2.37. The molecule has 6 heteroatoms. The molecule has 1 aromatic heterocycles. The van der Waals surface area contributed by atoms with E-state index in [0.29, 0.717) is 13.0 Å². The van der Waals surface area contributed by atoms with Crippen molar-refractivity contribution in [3.63, 3.8) is 0 Å². The number of thioether (sulfide) groups is 1. The largest absolute Gasteiger partial charge is 0.454 e. The Kier molecular flexibility index (Phi) is 3.83. The van der Waals surface area contributed by atoms with Crippen LogP contribution in [0.3, 0.4) is 0 Å². The van der Waals surface area contributed by atoms with Gasteiger partial charge >= 0.3 is 0 Å². The molecular formula is C17H16N2O3S. The van der Waals surface area contributed by atoms with Crippen molar-refractivity contribution in [3.05, 3.63) is 53.9 Å². The van der Waals surface area contributed by atoms with E-state index in [9.17, 15) is 4.79 Å². The number of hydrogen-bond donors (Lipinski definition) is 0. The number of carbonyl (C=O) groups is 1. The van der Waals surface area contributed by atoms with E-state index in [1.54, 1.807) is 18.0 Å². The molecule has 4 rings (SSSR count). The molecule has 1 saturated heterocycles. The molecule has 0 radical (unpaired) electrons. The SMILES string of the molecule is O=C1CCSC(c2cccc3c2OCO3)N1Cc1ccccn1. The van der Waals surface area contributed by atoms with Gasteiger partial charge in [0, 0.05) is 23.9 Å². The van der Waals surface area contributed by atoms with Gasteiger partial charge < -0.3 is 14.4 Å². The van der Waals surface area contributed by atoms with Crippen molar-refractivity contribution in [3.8, 4) is 11.5 Å². The molecule has 118 valence electrons. The third-order valence-electron chi connectivity index (χ3n) is 3.95. The number of pyridine rings is 1. The third kappa shape index (κ3) is 2.74. The second kappa shape index (κ2) is 6.12. The molecule has 2 aromatic rings. The Hall–Kier alpha value is -2.21. The molecule has 1 amide bonds. The van der Waals surface area contributed by atoms with Gasteiger partial charge in [-0.05, 0) is 18.2 Å². The van der Waals surface area contributed by atoms with Gasteiger partial charge in [0.05, 0.1) is 12.2 Å². The first kappa shape index (κ1) is 14.4. The topological polar surface area (TPSA) is 51.7 Å². The van der Waals surface area contributed by atoms with Crippen molar-refractivity contribution in [2.75, 3.05) is 12.5 Å². The van der Waals surface area contributed by atoms with Crippen molar-refractivity contribution in [2.45, 2.75) is 18.3 Å². The fourth-order valence-electron chi connectivity index (χ4n) is 2.86. The Morgan fingerprint density at radius 3 is 3.04 bits per heavy atom.